The third-order valence-electron chi connectivity index (χ3n) is 3.05. The van der Waals surface area contributed by atoms with Crippen LogP contribution in [-0.4, -0.2) is 16.5 Å². The van der Waals surface area contributed by atoms with Crippen molar-refractivity contribution in [2.75, 3.05) is 0 Å². The predicted octanol–water partition coefficient (Wildman–Crippen LogP) is 2.79. The molecule has 1 aliphatic rings. The third kappa shape index (κ3) is 3.19. The normalized spacial score (nSPS) is 19.7. The molecule has 0 spiro atoms. The summed E-state index contributed by atoms with van der Waals surface area (Å²) in [7, 11) is 0. The second-order valence-corrected chi connectivity index (χ2v) is 5.02. The Labute approximate surface area is 108 Å². The van der Waals surface area contributed by atoms with Gasteiger partial charge < -0.3 is 0 Å². The van der Waals surface area contributed by atoms with Gasteiger partial charge in [-0.05, 0) is 44.7 Å². The van der Waals surface area contributed by atoms with E-state index in [-0.39, 0.29) is 11.9 Å². The number of carbonyl (C=O) groups excluding carboxylic acids is 1. The molecule has 1 atom stereocenters. The molecule has 3 heteroatoms. The summed E-state index contributed by atoms with van der Waals surface area (Å²) in [6.07, 6.45) is 8.89. The number of hydrogen-bond donors (Lipinski definition) is 0. The molecule has 1 aromatic rings. The van der Waals surface area contributed by atoms with Crippen LogP contribution < -0.4 is 5.49 Å². The first-order valence-electron chi connectivity index (χ1n) is 6.58. The molecule has 0 N–H and O–H groups in total. The highest BCUT2D eigenvalue weighted by molar-refractivity contribution is 5.79. The molecule has 18 heavy (non-hydrogen) atoms. The highest BCUT2D eigenvalue weighted by Crippen LogP contribution is 2.20. The Hall–Kier alpha value is -1.64. The smallest absolute Gasteiger partial charge is 0.232 e. The molecule has 2 rings (SSSR count). The van der Waals surface area contributed by atoms with E-state index in [0.29, 0.717) is 12.3 Å². The van der Waals surface area contributed by atoms with E-state index in [1.807, 2.05) is 38.2 Å². The van der Waals surface area contributed by atoms with Crippen molar-refractivity contribution in [1.82, 2.24) is 4.57 Å². The molecule has 0 saturated carbocycles. The van der Waals surface area contributed by atoms with Crippen LogP contribution in [0.5, 0.6) is 0 Å². The van der Waals surface area contributed by atoms with Gasteiger partial charge in [0.2, 0.25) is 5.91 Å². The van der Waals surface area contributed by atoms with Gasteiger partial charge in [-0.2, -0.15) is 0 Å². The van der Waals surface area contributed by atoms with E-state index in [2.05, 4.69) is 17.1 Å². The summed E-state index contributed by atoms with van der Waals surface area (Å²) in [5.74, 6) is 0.531. The number of carbonyl (C=O) groups is 1. The lowest BCUT2D eigenvalue weighted by molar-refractivity contribution is 0.0882. The largest absolute Gasteiger partial charge is 0.274 e. The molecule has 1 heterocycles. The predicted molar refractivity (Wildman–Crippen MR) is 72.2 cm³/mol. The van der Waals surface area contributed by atoms with E-state index in [9.17, 15) is 4.79 Å². The monoisotopic (exact) mass is 244 g/mol. The molecular weight excluding hydrogens is 224 g/mol. The van der Waals surface area contributed by atoms with Gasteiger partial charge in [0.05, 0.1) is 0 Å². The standard InChI is InChI=1S/C15H20N2O/c1-12(2)16-14-9-5-6-10-17(14)15(18)11-13-7-3-4-8-13/h3,5-7,9-10,12-13H,4,8,11H2,1-2H3. The topological polar surface area (TPSA) is 34.4 Å². The average Bonchev–Trinajstić information content (AvgIpc) is 2.81. The Kier molecular flexibility index (Phi) is 4.13. The van der Waals surface area contributed by atoms with Gasteiger partial charge >= 0.3 is 0 Å². The van der Waals surface area contributed by atoms with Crippen molar-refractivity contribution in [3.63, 3.8) is 0 Å². The van der Waals surface area contributed by atoms with Crippen molar-refractivity contribution in [2.24, 2.45) is 10.9 Å². The fraction of sp³-hybridized carbons (Fsp3) is 0.467. The Morgan fingerprint density at radius 2 is 2.33 bits per heavy atom. The lowest BCUT2D eigenvalue weighted by Gasteiger charge is -2.10. The van der Waals surface area contributed by atoms with E-state index in [4.69, 9.17) is 0 Å². The highest BCUT2D eigenvalue weighted by atomic mass is 16.2. The molecule has 1 unspecified atom stereocenters. The van der Waals surface area contributed by atoms with E-state index < -0.39 is 0 Å². The van der Waals surface area contributed by atoms with Gasteiger partial charge in [-0.3, -0.25) is 14.4 Å². The van der Waals surface area contributed by atoms with Crippen LogP contribution in [-0.2, 0) is 0 Å². The molecule has 0 amide bonds. The van der Waals surface area contributed by atoms with E-state index in [1.54, 1.807) is 4.57 Å². The van der Waals surface area contributed by atoms with Gasteiger partial charge in [0, 0.05) is 18.7 Å². The summed E-state index contributed by atoms with van der Waals surface area (Å²) >= 11 is 0. The Bertz CT molecular complexity index is 511. The van der Waals surface area contributed by atoms with Gasteiger partial charge in [0.15, 0.2) is 0 Å². The van der Waals surface area contributed by atoms with Crippen molar-refractivity contribution in [3.05, 3.63) is 42.0 Å². The van der Waals surface area contributed by atoms with E-state index >= 15 is 0 Å². The van der Waals surface area contributed by atoms with Crippen LogP contribution >= 0.6 is 0 Å². The molecule has 0 aliphatic heterocycles. The number of hydrogen-bond acceptors (Lipinski definition) is 2. The zero-order valence-corrected chi connectivity index (χ0v) is 11.0. The second kappa shape index (κ2) is 5.80. The van der Waals surface area contributed by atoms with E-state index in [1.165, 1.54) is 0 Å². The first-order valence-corrected chi connectivity index (χ1v) is 6.58. The molecule has 0 bridgehead atoms. The summed E-state index contributed by atoms with van der Waals surface area (Å²) in [5, 5.41) is 0. The molecule has 0 fully saturated rings. The highest BCUT2D eigenvalue weighted by Gasteiger charge is 2.15. The zero-order valence-electron chi connectivity index (χ0n) is 11.0. The van der Waals surface area contributed by atoms with Crippen LogP contribution in [0.25, 0.3) is 0 Å². The Morgan fingerprint density at radius 1 is 1.50 bits per heavy atom. The maximum absolute atomic E-state index is 12.3. The molecule has 0 aromatic carbocycles. The SMILES string of the molecule is CC(C)N=c1ccccn1C(=O)CC1C=CCC1. The maximum Gasteiger partial charge on any atom is 0.232 e. The van der Waals surface area contributed by atoms with Crippen LogP contribution in [0.2, 0.25) is 0 Å². The Morgan fingerprint density at radius 3 is 3.00 bits per heavy atom. The van der Waals surface area contributed by atoms with Crippen LogP contribution in [0.3, 0.4) is 0 Å². The average molecular weight is 244 g/mol. The Balaban J connectivity index is 2.21. The quantitative estimate of drug-likeness (QED) is 0.753. The molecular formula is C15H20N2O. The lowest BCUT2D eigenvalue weighted by Crippen LogP contribution is -2.28. The molecule has 0 saturated heterocycles. The number of allylic oxidation sites excluding steroid dienone is 2. The van der Waals surface area contributed by atoms with Gasteiger partial charge in [0.25, 0.3) is 0 Å². The van der Waals surface area contributed by atoms with Crippen LogP contribution in [0.15, 0.2) is 41.5 Å². The third-order valence-corrected chi connectivity index (χ3v) is 3.05. The minimum absolute atomic E-state index is 0.131. The first-order chi connectivity index (χ1) is 8.66. The zero-order chi connectivity index (χ0) is 13.0. The van der Waals surface area contributed by atoms with Crippen LogP contribution in [0.1, 0.15) is 37.9 Å². The molecule has 3 nitrogen and oxygen atoms in total. The summed E-state index contributed by atoms with van der Waals surface area (Å²) in [4.78, 5) is 16.8. The first kappa shape index (κ1) is 12.8. The number of rotatable bonds is 3. The summed E-state index contributed by atoms with van der Waals surface area (Å²) in [5.41, 5.74) is 0.750. The molecule has 96 valence electrons. The fourth-order valence-electron chi connectivity index (χ4n) is 2.20. The maximum atomic E-state index is 12.3. The van der Waals surface area contributed by atoms with Crippen molar-refractivity contribution >= 4 is 5.91 Å². The van der Waals surface area contributed by atoms with E-state index in [0.717, 1.165) is 18.3 Å². The van der Waals surface area contributed by atoms with Crippen molar-refractivity contribution in [3.8, 4) is 0 Å². The van der Waals surface area contributed by atoms with Gasteiger partial charge in [-0.15, -0.1) is 0 Å². The number of aromatic nitrogens is 1. The molecule has 1 aliphatic carbocycles. The second-order valence-electron chi connectivity index (χ2n) is 5.02. The summed E-state index contributed by atoms with van der Waals surface area (Å²) in [6, 6.07) is 5.88. The van der Waals surface area contributed by atoms with Gasteiger partial charge in [0.1, 0.15) is 5.49 Å². The van der Waals surface area contributed by atoms with Crippen molar-refractivity contribution in [2.45, 2.75) is 39.2 Å². The molecule has 0 radical (unpaired) electrons. The fourth-order valence-corrected chi connectivity index (χ4v) is 2.20. The number of pyridine rings is 1. The summed E-state index contributed by atoms with van der Waals surface area (Å²) < 4.78 is 1.67. The minimum Gasteiger partial charge on any atom is -0.274 e. The minimum atomic E-state index is 0.131. The van der Waals surface area contributed by atoms with Crippen LogP contribution in [0.4, 0.5) is 0 Å². The van der Waals surface area contributed by atoms with Crippen molar-refractivity contribution in [1.29, 1.82) is 0 Å². The van der Waals surface area contributed by atoms with Gasteiger partial charge in [-0.1, -0.05) is 18.2 Å². The number of nitrogens with zero attached hydrogens (tertiary/aromatic N) is 2. The van der Waals surface area contributed by atoms with Crippen molar-refractivity contribution < 1.29 is 4.79 Å². The summed E-state index contributed by atoms with van der Waals surface area (Å²) in [6.45, 7) is 4.03. The lowest BCUT2D eigenvalue weighted by atomic mass is 10.1. The molecule has 1 aromatic heterocycles. The van der Waals surface area contributed by atoms with Crippen LogP contribution in [0, 0.1) is 5.92 Å². The van der Waals surface area contributed by atoms with Gasteiger partial charge in [-0.25, -0.2) is 0 Å².